The van der Waals surface area contributed by atoms with Crippen molar-refractivity contribution in [1.29, 1.82) is 0 Å². The van der Waals surface area contributed by atoms with Crippen molar-refractivity contribution in [2.45, 2.75) is 44.4 Å². The van der Waals surface area contributed by atoms with Crippen molar-refractivity contribution in [2.75, 3.05) is 5.75 Å². The van der Waals surface area contributed by atoms with Gasteiger partial charge in [-0.25, -0.2) is 4.98 Å². The Hall–Kier alpha value is -1.64. The Kier molecular flexibility index (Phi) is 6.50. The van der Waals surface area contributed by atoms with E-state index in [1.165, 1.54) is 28.0 Å². The minimum atomic E-state index is -0.0335. The first-order chi connectivity index (χ1) is 12.6. The maximum absolute atomic E-state index is 12.9. The Bertz CT molecular complexity index is 931. The number of hydrogen-bond donors (Lipinski definition) is 1. The molecule has 0 aromatic carbocycles. The smallest absolute Gasteiger partial charge is 0.272 e. The highest BCUT2D eigenvalue weighted by Crippen LogP contribution is 2.21. The Morgan fingerprint density at radius 1 is 1.35 bits per heavy atom. The number of nitrogens with zero attached hydrogens (tertiary/aromatic N) is 2. The Balaban J connectivity index is 1.81. The van der Waals surface area contributed by atoms with Gasteiger partial charge in [-0.2, -0.15) is 0 Å². The number of aryl methyl sites for hydroxylation is 1. The van der Waals surface area contributed by atoms with E-state index in [2.05, 4.69) is 16.4 Å². The molecule has 0 aliphatic carbocycles. The summed E-state index contributed by atoms with van der Waals surface area (Å²) in [5.41, 5.74) is 0.684. The quantitative estimate of drug-likeness (QED) is 0.456. The molecule has 0 spiro atoms. The van der Waals surface area contributed by atoms with Crippen LogP contribution in [0.3, 0.4) is 0 Å². The predicted molar refractivity (Wildman–Crippen MR) is 111 cm³/mol. The van der Waals surface area contributed by atoms with Crippen LogP contribution in [0, 0.1) is 0 Å². The summed E-state index contributed by atoms with van der Waals surface area (Å²) in [6.07, 6.45) is 1.67. The van der Waals surface area contributed by atoms with Gasteiger partial charge in [-0.05, 0) is 42.7 Å². The fourth-order valence-corrected chi connectivity index (χ4v) is 4.77. The molecule has 0 fully saturated rings. The van der Waals surface area contributed by atoms with Crippen LogP contribution in [0.25, 0.3) is 10.2 Å². The third-order valence-electron chi connectivity index (χ3n) is 4.04. The van der Waals surface area contributed by atoms with E-state index in [1.54, 1.807) is 15.9 Å². The van der Waals surface area contributed by atoms with Gasteiger partial charge < -0.3 is 5.32 Å². The summed E-state index contributed by atoms with van der Waals surface area (Å²) in [6, 6.07) is 6.09. The van der Waals surface area contributed by atoms with Gasteiger partial charge in [-0.15, -0.1) is 22.7 Å². The molecule has 3 aromatic rings. The zero-order valence-electron chi connectivity index (χ0n) is 14.7. The number of rotatable bonds is 8. The largest absolute Gasteiger partial charge is 0.353 e. The average Bonchev–Trinajstić information content (AvgIpc) is 3.30. The minimum Gasteiger partial charge on any atom is -0.353 e. The highest BCUT2D eigenvalue weighted by atomic mass is 32.2. The Labute approximate surface area is 164 Å². The molecule has 0 unspecified atom stereocenters. The third kappa shape index (κ3) is 4.55. The molecule has 0 bridgehead atoms. The van der Waals surface area contributed by atoms with E-state index in [0.717, 1.165) is 12.8 Å². The van der Waals surface area contributed by atoms with E-state index in [1.807, 2.05) is 36.7 Å². The summed E-state index contributed by atoms with van der Waals surface area (Å²) in [5, 5.41) is 7.47. The first-order valence-corrected chi connectivity index (χ1v) is 11.3. The summed E-state index contributed by atoms with van der Waals surface area (Å²) < 4.78 is 2.38. The van der Waals surface area contributed by atoms with Gasteiger partial charge in [-0.1, -0.05) is 24.8 Å². The molecular formula is C18H21N3O2S3. The van der Waals surface area contributed by atoms with E-state index in [0.29, 0.717) is 21.9 Å². The van der Waals surface area contributed by atoms with Crippen molar-refractivity contribution in [1.82, 2.24) is 14.9 Å². The Morgan fingerprint density at radius 2 is 2.19 bits per heavy atom. The van der Waals surface area contributed by atoms with Crippen LogP contribution in [0.1, 0.15) is 25.1 Å². The SMILES string of the molecule is CC[C@@H](C)NC(=O)CSc1nc2ccsc2c(=O)n1CCc1cccs1. The number of aromatic nitrogens is 2. The Morgan fingerprint density at radius 3 is 2.92 bits per heavy atom. The van der Waals surface area contributed by atoms with Crippen molar-refractivity contribution in [2.24, 2.45) is 0 Å². The molecule has 0 saturated carbocycles. The lowest BCUT2D eigenvalue weighted by Gasteiger charge is -2.13. The maximum atomic E-state index is 12.9. The topological polar surface area (TPSA) is 64.0 Å². The molecule has 0 aliphatic rings. The van der Waals surface area contributed by atoms with Gasteiger partial charge in [0.05, 0.1) is 11.3 Å². The number of nitrogens with one attached hydrogen (secondary N) is 1. The molecule has 8 heteroatoms. The second kappa shape index (κ2) is 8.83. The number of amides is 1. The van der Waals surface area contributed by atoms with E-state index in [-0.39, 0.29) is 23.3 Å². The fourth-order valence-electron chi connectivity index (χ4n) is 2.46. The zero-order chi connectivity index (χ0) is 18.5. The predicted octanol–water partition coefficient (Wildman–Crippen LogP) is 3.77. The van der Waals surface area contributed by atoms with E-state index in [9.17, 15) is 9.59 Å². The van der Waals surface area contributed by atoms with Crippen LogP contribution in [-0.4, -0.2) is 27.3 Å². The lowest BCUT2D eigenvalue weighted by Crippen LogP contribution is -2.33. The van der Waals surface area contributed by atoms with Crippen LogP contribution >= 0.6 is 34.4 Å². The highest BCUT2D eigenvalue weighted by molar-refractivity contribution is 7.99. The average molecular weight is 408 g/mol. The second-order valence-electron chi connectivity index (χ2n) is 5.98. The summed E-state index contributed by atoms with van der Waals surface area (Å²) in [4.78, 5) is 30.8. The van der Waals surface area contributed by atoms with Gasteiger partial charge in [-0.3, -0.25) is 14.2 Å². The molecule has 0 saturated heterocycles. The van der Waals surface area contributed by atoms with Crippen LogP contribution in [0.4, 0.5) is 0 Å². The van der Waals surface area contributed by atoms with Gasteiger partial charge in [0.2, 0.25) is 5.91 Å². The molecule has 1 amide bonds. The van der Waals surface area contributed by atoms with Gasteiger partial charge in [0.15, 0.2) is 5.16 Å². The van der Waals surface area contributed by atoms with Crippen LogP contribution in [0.15, 0.2) is 38.9 Å². The van der Waals surface area contributed by atoms with Crippen molar-refractivity contribution in [3.63, 3.8) is 0 Å². The number of carbonyl (C=O) groups is 1. The summed E-state index contributed by atoms with van der Waals surface area (Å²) >= 11 is 4.42. The maximum Gasteiger partial charge on any atom is 0.272 e. The number of carbonyl (C=O) groups excluding carboxylic acids is 1. The molecule has 26 heavy (non-hydrogen) atoms. The van der Waals surface area contributed by atoms with Crippen LogP contribution in [-0.2, 0) is 17.8 Å². The van der Waals surface area contributed by atoms with Gasteiger partial charge in [0.25, 0.3) is 5.56 Å². The van der Waals surface area contributed by atoms with Crippen molar-refractivity contribution < 1.29 is 4.79 Å². The monoisotopic (exact) mass is 407 g/mol. The first-order valence-electron chi connectivity index (χ1n) is 8.51. The number of fused-ring (bicyclic) bond motifs is 1. The van der Waals surface area contributed by atoms with E-state index >= 15 is 0 Å². The number of hydrogen-bond acceptors (Lipinski definition) is 6. The highest BCUT2D eigenvalue weighted by Gasteiger charge is 2.15. The molecule has 0 radical (unpaired) electrons. The zero-order valence-corrected chi connectivity index (χ0v) is 17.2. The molecule has 1 atom stereocenters. The lowest BCUT2D eigenvalue weighted by atomic mass is 10.3. The summed E-state index contributed by atoms with van der Waals surface area (Å²) in [7, 11) is 0. The molecule has 138 valence electrons. The van der Waals surface area contributed by atoms with Gasteiger partial charge >= 0.3 is 0 Å². The molecule has 0 aliphatic heterocycles. The first kappa shape index (κ1) is 19.1. The van der Waals surface area contributed by atoms with Gasteiger partial charge in [0.1, 0.15) is 4.70 Å². The molecule has 5 nitrogen and oxygen atoms in total. The van der Waals surface area contributed by atoms with E-state index in [4.69, 9.17) is 0 Å². The lowest BCUT2D eigenvalue weighted by molar-refractivity contribution is -0.119. The number of thioether (sulfide) groups is 1. The second-order valence-corrected chi connectivity index (χ2v) is 8.87. The standard InChI is InChI=1S/C18H21N3O2S3/c1-3-12(2)19-15(22)11-26-18-20-14-7-10-25-16(14)17(23)21(18)8-6-13-5-4-9-24-13/h4-5,7,9-10,12H,3,6,8,11H2,1-2H3,(H,19,22)/t12-/m1/s1. The third-order valence-corrected chi connectivity index (χ3v) is 6.85. The van der Waals surface area contributed by atoms with Gasteiger partial charge in [0, 0.05) is 17.5 Å². The van der Waals surface area contributed by atoms with Crippen molar-refractivity contribution in [3.8, 4) is 0 Å². The fraction of sp³-hybridized carbons (Fsp3) is 0.389. The van der Waals surface area contributed by atoms with Crippen LogP contribution in [0.2, 0.25) is 0 Å². The van der Waals surface area contributed by atoms with Crippen molar-refractivity contribution in [3.05, 3.63) is 44.2 Å². The number of thiophene rings is 2. The van der Waals surface area contributed by atoms with E-state index < -0.39 is 0 Å². The van der Waals surface area contributed by atoms with Crippen LogP contribution < -0.4 is 10.9 Å². The molecule has 3 heterocycles. The molecule has 1 N–H and O–H groups in total. The normalized spacial score (nSPS) is 12.4. The van der Waals surface area contributed by atoms with Crippen molar-refractivity contribution >= 4 is 50.6 Å². The minimum absolute atomic E-state index is 0.0219. The molecule has 3 aromatic heterocycles. The van der Waals surface area contributed by atoms with Crippen LogP contribution in [0.5, 0.6) is 0 Å². The molecular weight excluding hydrogens is 386 g/mol. The summed E-state index contributed by atoms with van der Waals surface area (Å²) in [5.74, 6) is 0.222. The molecule has 3 rings (SSSR count). The summed E-state index contributed by atoms with van der Waals surface area (Å²) in [6.45, 7) is 4.58.